The highest BCUT2D eigenvalue weighted by atomic mass is 16.6. The second-order valence-corrected chi connectivity index (χ2v) is 18.1. The lowest BCUT2D eigenvalue weighted by Gasteiger charge is -2.18. The number of carbonyl (C=O) groups excluding carboxylic acids is 2. The van der Waals surface area contributed by atoms with Crippen LogP contribution < -0.4 is 0 Å². The fourth-order valence-corrected chi connectivity index (χ4v) is 7.47. The third-order valence-corrected chi connectivity index (χ3v) is 11.6. The molecule has 0 rings (SSSR count). The molecule has 0 unspecified atom stereocenters. The highest BCUT2D eigenvalue weighted by Crippen LogP contribution is 2.15. The minimum Gasteiger partial charge on any atom is -0.463 e. The summed E-state index contributed by atoms with van der Waals surface area (Å²) in [5.74, 6) is -0.422. The van der Waals surface area contributed by atoms with E-state index < -0.39 is 6.10 Å². The average Bonchev–Trinajstić information content (AvgIpc) is 3.32. The molecule has 0 saturated carbocycles. The van der Waals surface area contributed by atoms with Crippen molar-refractivity contribution in [2.45, 2.75) is 258 Å². The van der Waals surface area contributed by atoms with Crippen LogP contribution in [0.4, 0.5) is 0 Å². The third-order valence-electron chi connectivity index (χ3n) is 11.6. The predicted octanol–water partition coefficient (Wildman–Crippen LogP) is 19.0. The summed E-state index contributed by atoms with van der Waals surface area (Å²) in [5.41, 5.74) is 0. The molecular formula is C61H104O5. The molecule has 66 heavy (non-hydrogen) atoms. The summed E-state index contributed by atoms with van der Waals surface area (Å²) in [5, 5.41) is 0. The molecule has 0 aliphatic carbocycles. The molecule has 0 aromatic rings. The molecule has 0 aromatic heterocycles. The molecular weight excluding hydrogens is 813 g/mol. The van der Waals surface area contributed by atoms with E-state index in [4.69, 9.17) is 14.2 Å². The molecule has 0 aromatic carbocycles. The number of carbonyl (C=O) groups is 2. The first-order chi connectivity index (χ1) is 32.6. The summed E-state index contributed by atoms with van der Waals surface area (Å²) >= 11 is 0. The standard InChI is InChI=1S/C61H104O5/c1-4-7-10-13-16-19-22-25-28-31-33-36-39-42-45-48-51-54-60(62)65-57-59(64-56-53-50-47-44-41-38-35-30-27-24-21-18-15-12-9-6-3)58-66-61(63)55-52-49-46-43-40-37-34-32-29-26-23-20-17-14-11-8-5-2/h7,10,16-17,19-20,25-26,28-29,33-34,36-37,42,45,59H,4-6,8-9,11-15,18,21-24,27,30-32,35,38-41,43-44,46-58H2,1-3H3/b10-7-,19-16-,20-17-,28-25-,29-26-,36-33-,37-34-,45-42-/t59-/m1/s1. The number of ether oxygens (including phenoxy) is 3. The zero-order valence-electron chi connectivity index (χ0n) is 43.4. The third kappa shape index (κ3) is 53.4. The predicted molar refractivity (Wildman–Crippen MR) is 288 cm³/mol. The summed E-state index contributed by atoms with van der Waals surface area (Å²) in [6.07, 6.45) is 75.9. The molecule has 5 heteroatoms. The van der Waals surface area contributed by atoms with Crippen LogP contribution in [0.25, 0.3) is 0 Å². The van der Waals surface area contributed by atoms with Gasteiger partial charge in [0.15, 0.2) is 0 Å². The van der Waals surface area contributed by atoms with Gasteiger partial charge in [-0.25, -0.2) is 0 Å². The molecule has 0 radical (unpaired) electrons. The van der Waals surface area contributed by atoms with E-state index in [9.17, 15) is 9.59 Å². The molecule has 0 N–H and O–H groups in total. The molecule has 0 heterocycles. The van der Waals surface area contributed by atoms with Crippen molar-refractivity contribution in [3.8, 4) is 0 Å². The lowest BCUT2D eigenvalue weighted by molar-refractivity contribution is -0.155. The summed E-state index contributed by atoms with van der Waals surface area (Å²) in [6, 6.07) is 0. The normalized spacial score (nSPS) is 13.0. The van der Waals surface area contributed by atoms with Crippen molar-refractivity contribution in [1.82, 2.24) is 0 Å². The van der Waals surface area contributed by atoms with Crippen molar-refractivity contribution < 1.29 is 23.8 Å². The molecule has 0 amide bonds. The van der Waals surface area contributed by atoms with Gasteiger partial charge in [0.2, 0.25) is 0 Å². The Morgan fingerprint density at radius 1 is 0.333 bits per heavy atom. The topological polar surface area (TPSA) is 61.8 Å². The lowest BCUT2D eigenvalue weighted by atomic mass is 10.0. The van der Waals surface area contributed by atoms with E-state index >= 15 is 0 Å². The van der Waals surface area contributed by atoms with Gasteiger partial charge in [-0.3, -0.25) is 9.59 Å². The Kier molecular flexibility index (Phi) is 53.4. The summed E-state index contributed by atoms with van der Waals surface area (Å²) in [7, 11) is 0. The van der Waals surface area contributed by atoms with Crippen LogP contribution in [0.2, 0.25) is 0 Å². The monoisotopic (exact) mass is 917 g/mol. The smallest absolute Gasteiger partial charge is 0.305 e. The molecule has 0 aliphatic heterocycles. The van der Waals surface area contributed by atoms with Crippen LogP contribution in [0.3, 0.4) is 0 Å². The van der Waals surface area contributed by atoms with Gasteiger partial charge >= 0.3 is 11.9 Å². The number of hydrogen-bond acceptors (Lipinski definition) is 5. The van der Waals surface area contributed by atoms with Gasteiger partial charge in [0.25, 0.3) is 0 Å². The molecule has 5 nitrogen and oxygen atoms in total. The second-order valence-electron chi connectivity index (χ2n) is 18.1. The van der Waals surface area contributed by atoms with Gasteiger partial charge in [-0.15, -0.1) is 0 Å². The maximum Gasteiger partial charge on any atom is 0.305 e. The van der Waals surface area contributed by atoms with Crippen LogP contribution in [-0.2, 0) is 23.8 Å². The number of rotatable bonds is 50. The number of esters is 2. The Labute approximate surface area is 409 Å². The van der Waals surface area contributed by atoms with Gasteiger partial charge in [0.05, 0.1) is 0 Å². The average molecular weight is 917 g/mol. The van der Waals surface area contributed by atoms with E-state index in [-0.39, 0.29) is 25.2 Å². The summed E-state index contributed by atoms with van der Waals surface area (Å²) in [4.78, 5) is 25.3. The Morgan fingerprint density at radius 2 is 0.636 bits per heavy atom. The van der Waals surface area contributed by atoms with Crippen molar-refractivity contribution in [1.29, 1.82) is 0 Å². The van der Waals surface area contributed by atoms with Gasteiger partial charge in [0.1, 0.15) is 19.3 Å². The first-order valence-corrected chi connectivity index (χ1v) is 27.8. The number of unbranched alkanes of at least 4 members (excludes halogenated alkanes) is 23. The highest BCUT2D eigenvalue weighted by Gasteiger charge is 2.16. The second kappa shape index (κ2) is 56.1. The Hall–Kier alpha value is -3.18. The quantitative estimate of drug-likeness (QED) is 0.0346. The van der Waals surface area contributed by atoms with Crippen LogP contribution in [0.5, 0.6) is 0 Å². The molecule has 0 saturated heterocycles. The Bertz CT molecular complexity index is 1270. The molecule has 0 fully saturated rings. The van der Waals surface area contributed by atoms with Crippen molar-refractivity contribution >= 4 is 11.9 Å². The van der Waals surface area contributed by atoms with Gasteiger partial charge in [-0.05, 0) is 96.3 Å². The lowest BCUT2D eigenvalue weighted by Crippen LogP contribution is -2.29. The first kappa shape index (κ1) is 62.8. The summed E-state index contributed by atoms with van der Waals surface area (Å²) in [6.45, 7) is 7.51. The summed E-state index contributed by atoms with van der Waals surface area (Å²) < 4.78 is 17.4. The van der Waals surface area contributed by atoms with E-state index in [0.29, 0.717) is 19.4 Å². The Morgan fingerprint density at radius 3 is 1.06 bits per heavy atom. The van der Waals surface area contributed by atoms with E-state index in [0.717, 1.165) is 103 Å². The van der Waals surface area contributed by atoms with Crippen LogP contribution in [0, 0.1) is 0 Å². The number of hydrogen-bond donors (Lipinski definition) is 0. The maximum atomic E-state index is 12.6. The van der Waals surface area contributed by atoms with Crippen molar-refractivity contribution in [2.24, 2.45) is 0 Å². The van der Waals surface area contributed by atoms with Gasteiger partial charge in [-0.2, -0.15) is 0 Å². The van der Waals surface area contributed by atoms with Crippen molar-refractivity contribution in [3.05, 3.63) is 97.2 Å². The van der Waals surface area contributed by atoms with Crippen LogP contribution in [-0.4, -0.2) is 37.9 Å². The van der Waals surface area contributed by atoms with Gasteiger partial charge in [-0.1, -0.05) is 240 Å². The van der Waals surface area contributed by atoms with Crippen molar-refractivity contribution in [3.63, 3.8) is 0 Å². The molecule has 0 aliphatic rings. The highest BCUT2D eigenvalue weighted by molar-refractivity contribution is 5.69. The van der Waals surface area contributed by atoms with Crippen LogP contribution >= 0.6 is 0 Å². The Balaban J connectivity index is 4.40. The van der Waals surface area contributed by atoms with Gasteiger partial charge in [0, 0.05) is 19.4 Å². The zero-order chi connectivity index (χ0) is 47.7. The minimum atomic E-state index is -0.436. The van der Waals surface area contributed by atoms with E-state index in [1.54, 1.807) is 0 Å². The number of allylic oxidation sites excluding steroid dienone is 16. The molecule has 1 atom stereocenters. The van der Waals surface area contributed by atoms with E-state index in [1.165, 1.54) is 116 Å². The van der Waals surface area contributed by atoms with E-state index in [2.05, 4.69) is 118 Å². The maximum absolute atomic E-state index is 12.6. The fraction of sp³-hybridized carbons (Fsp3) is 0.705. The molecule has 0 bridgehead atoms. The first-order valence-electron chi connectivity index (χ1n) is 27.8. The van der Waals surface area contributed by atoms with Crippen LogP contribution in [0.15, 0.2) is 97.2 Å². The minimum absolute atomic E-state index is 0.117. The molecule has 0 spiro atoms. The van der Waals surface area contributed by atoms with Gasteiger partial charge < -0.3 is 14.2 Å². The van der Waals surface area contributed by atoms with Crippen LogP contribution in [0.1, 0.15) is 252 Å². The fourth-order valence-electron chi connectivity index (χ4n) is 7.47. The van der Waals surface area contributed by atoms with E-state index in [1.807, 2.05) is 0 Å². The van der Waals surface area contributed by atoms with Crippen molar-refractivity contribution in [2.75, 3.05) is 19.8 Å². The SMILES string of the molecule is CC/C=C\C/C=C\C/C=C\C/C=C\C/C=C\CCCC(=O)OC[C@H](COC(=O)CCCCCC/C=C\C/C=C\C/C=C\CCCCC)OCCCCCCCCCCCCCCCCCC. The molecule has 378 valence electrons. The largest absolute Gasteiger partial charge is 0.463 e. The zero-order valence-corrected chi connectivity index (χ0v) is 43.4.